The number of anilines is 1. The van der Waals surface area contributed by atoms with Gasteiger partial charge >= 0.3 is 0 Å². The van der Waals surface area contributed by atoms with Crippen LogP contribution >= 0.6 is 0 Å². The van der Waals surface area contributed by atoms with Crippen LogP contribution in [0.25, 0.3) is 11.4 Å². The first kappa shape index (κ1) is 11.2. The Morgan fingerprint density at radius 1 is 1.22 bits per heavy atom. The minimum Gasteiger partial charge on any atom is -0.367 e. The lowest BCUT2D eigenvalue weighted by atomic mass is 10.2. The molecule has 2 heterocycles. The molecule has 2 aromatic heterocycles. The number of hydrogen-bond acceptors (Lipinski definition) is 5. The van der Waals surface area contributed by atoms with Gasteiger partial charge in [-0.3, -0.25) is 0 Å². The molecular formula is C13H16N4O. The normalized spacial score (nSPS) is 14.8. The number of hydrogen-bond donors (Lipinski definition) is 1. The Morgan fingerprint density at radius 3 is 2.61 bits per heavy atom. The summed E-state index contributed by atoms with van der Waals surface area (Å²) in [5.41, 5.74) is 2.68. The zero-order valence-electron chi connectivity index (χ0n) is 10.8. The summed E-state index contributed by atoms with van der Waals surface area (Å²) in [5.74, 6) is 2.34. The molecule has 18 heavy (non-hydrogen) atoms. The molecule has 1 N–H and O–H groups in total. The highest BCUT2D eigenvalue weighted by Crippen LogP contribution is 2.27. The molecule has 1 aliphatic rings. The second-order valence-electron chi connectivity index (χ2n) is 4.84. The Kier molecular flexibility index (Phi) is 2.54. The highest BCUT2D eigenvalue weighted by atomic mass is 16.5. The minimum atomic E-state index is 0.580. The lowest BCUT2D eigenvalue weighted by Crippen LogP contribution is -2.05. The largest absolute Gasteiger partial charge is 0.367 e. The Bertz CT molecular complexity index is 567. The Hall–Kier alpha value is -1.91. The van der Waals surface area contributed by atoms with E-state index < -0.39 is 0 Å². The maximum atomic E-state index is 5.17. The summed E-state index contributed by atoms with van der Waals surface area (Å²) in [4.78, 5) is 9.03. The van der Waals surface area contributed by atoms with Gasteiger partial charge < -0.3 is 9.84 Å². The van der Waals surface area contributed by atoms with E-state index in [9.17, 15) is 0 Å². The van der Waals surface area contributed by atoms with Crippen molar-refractivity contribution in [2.24, 2.45) is 0 Å². The van der Waals surface area contributed by atoms with E-state index in [4.69, 9.17) is 4.52 Å². The molecule has 0 spiro atoms. The van der Waals surface area contributed by atoms with Gasteiger partial charge in [0.1, 0.15) is 11.6 Å². The molecule has 94 valence electrons. The second-order valence-corrected chi connectivity index (χ2v) is 4.84. The first-order valence-electron chi connectivity index (χ1n) is 6.19. The summed E-state index contributed by atoms with van der Waals surface area (Å²) < 4.78 is 5.17. The standard InChI is InChI=1S/C13H16N4O/c1-7-6-11(15-10-4-5-10)16-13(14-7)12-8(2)17-18-9(12)3/h6,10H,4-5H2,1-3H3,(H,14,15,16). The predicted molar refractivity (Wildman–Crippen MR) is 68.4 cm³/mol. The van der Waals surface area contributed by atoms with Crippen LogP contribution in [0.3, 0.4) is 0 Å². The van der Waals surface area contributed by atoms with Crippen LogP contribution in [0.1, 0.15) is 30.0 Å². The molecule has 1 fully saturated rings. The van der Waals surface area contributed by atoms with Crippen LogP contribution in [0.4, 0.5) is 5.82 Å². The van der Waals surface area contributed by atoms with Crippen LogP contribution in [0.15, 0.2) is 10.6 Å². The van der Waals surface area contributed by atoms with Crippen LogP contribution in [0.5, 0.6) is 0 Å². The smallest absolute Gasteiger partial charge is 0.167 e. The molecule has 2 aromatic rings. The second kappa shape index (κ2) is 4.08. The maximum absolute atomic E-state index is 5.17. The lowest BCUT2D eigenvalue weighted by molar-refractivity contribution is 0.393. The van der Waals surface area contributed by atoms with E-state index in [0.29, 0.717) is 11.9 Å². The van der Waals surface area contributed by atoms with E-state index in [1.54, 1.807) is 0 Å². The average molecular weight is 244 g/mol. The number of aromatic nitrogens is 3. The summed E-state index contributed by atoms with van der Waals surface area (Å²) in [5, 5.41) is 7.35. The molecule has 0 bridgehead atoms. The van der Waals surface area contributed by atoms with Crippen LogP contribution in [-0.4, -0.2) is 21.2 Å². The van der Waals surface area contributed by atoms with Crippen molar-refractivity contribution in [1.82, 2.24) is 15.1 Å². The first-order valence-corrected chi connectivity index (χ1v) is 6.19. The third kappa shape index (κ3) is 2.08. The minimum absolute atomic E-state index is 0.580. The number of rotatable bonds is 3. The predicted octanol–water partition coefficient (Wildman–Crippen LogP) is 2.63. The van der Waals surface area contributed by atoms with Crippen LogP contribution in [0.2, 0.25) is 0 Å². The first-order chi connectivity index (χ1) is 8.63. The van der Waals surface area contributed by atoms with Crippen molar-refractivity contribution < 1.29 is 4.52 Å². The average Bonchev–Trinajstić information content (AvgIpc) is 3.03. The fraction of sp³-hybridized carbons (Fsp3) is 0.462. The zero-order valence-corrected chi connectivity index (χ0v) is 10.8. The van der Waals surface area contributed by atoms with E-state index in [-0.39, 0.29) is 0 Å². The van der Waals surface area contributed by atoms with Crippen LogP contribution < -0.4 is 5.32 Å². The van der Waals surface area contributed by atoms with Gasteiger partial charge in [0.05, 0.1) is 11.3 Å². The summed E-state index contributed by atoms with van der Waals surface area (Å²) in [6.45, 7) is 5.77. The lowest BCUT2D eigenvalue weighted by Gasteiger charge is -2.07. The van der Waals surface area contributed by atoms with Gasteiger partial charge in [0.15, 0.2) is 5.82 Å². The Morgan fingerprint density at radius 2 is 2.00 bits per heavy atom. The summed E-state index contributed by atoms with van der Waals surface area (Å²) in [6.07, 6.45) is 2.45. The molecule has 0 atom stereocenters. The Balaban J connectivity index is 2.03. The van der Waals surface area contributed by atoms with E-state index >= 15 is 0 Å². The van der Waals surface area contributed by atoms with E-state index in [1.807, 2.05) is 26.8 Å². The maximum Gasteiger partial charge on any atom is 0.167 e. The van der Waals surface area contributed by atoms with Crippen LogP contribution in [-0.2, 0) is 0 Å². The molecule has 0 aliphatic heterocycles. The molecule has 5 heteroatoms. The SMILES string of the molecule is Cc1cc(NC2CC2)nc(-c2c(C)noc2C)n1. The van der Waals surface area contributed by atoms with Gasteiger partial charge in [-0.15, -0.1) is 0 Å². The van der Waals surface area contributed by atoms with Gasteiger partial charge in [0.25, 0.3) is 0 Å². The molecule has 0 amide bonds. The molecule has 0 saturated heterocycles. The highest BCUT2D eigenvalue weighted by molar-refractivity contribution is 5.62. The van der Waals surface area contributed by atoms with Crippen molar-refractivity contribution in [2.75, 3.05) is 5.32 Å². The summed E-state index contributed by atoms with van der Waals surface area (Å²) in [7, 11) is 0. The van der Waals surface area contributed by atoms with Crippen molar-refractivity contribution in [1.29, 1.82) is 0 Å². The molecule has 5 nitrogen and oxygen atoms in total. The quantitative estimate of drug-likeness (QED) is 0.899. The third-order valence-electron chi connectivity index (χ3n) is 3.04. The fourth-order valence-electron chi connectivity index (χ4n) is 1.99. The van der Waals surface area contributed by atoms with Gasteiger partial charge in [-0.25, -0.2) is 9.97 Å². The topological polar surface area (TPSA) is 63.8 Å². The highest BCUT2D eigenvalue weighted by Gasteiger charge is 2.22. The number of nitrogens with one attached hydrogen (secondary N) is 1. The molecule has 0 unspecified atom stereocenters. The molecule has 1 saturated carbocycles. The molecule has 3 rings (SSSR count). The van der Waals surface area contributed by atoms with Crippen LogP contribution in [0, 0.1) is 20.8 Å². The van der Waals surface area contributed by atoms with E-state index in [1.165, 1.54) is 12.8 Å². The number of aryl methyl sites for hydroxylation is 3. The number of nitrogens with zero attached hydrogens (tertiary/aromatic N) is 3. The van der Waals surface area contributed by atoms with Crippen molar-refractivity contribution in [3.8, 4) is 11.4 Å². The van der Waals surface area contributed by atoms with Crippen molar-refractivity contribution >= 4 is 5.82 Å². The van der Waals surface area contributed by atoms with E-state index in [2.05, 4.69) is 20.4 Å². The molecule has 1 aliphatic carbocycles. The van der Waals surface area contributed by atoms with Crippen molar-refractivity contribution in [3.63, 3.8) is 0 Å². The Labute approximate surface area is 106 Å². The zero-order chi connectivity index (χ0) is 12.7. The summed E-state index contributed by atoms with van der Waals surface area (Å²) in [6, 6.07) is 2.55. The summed E-state index contributed by atoms with van der Waals surface area (Å²) >= 11 is 0. The van der Waals surface area contributed by atoms with E-state index in [0.717, 1.165) is 28.5 Å². The molecule has 0 aromatic carbocycles. The fourth-order valence-corrected chi connectivity index (χ4v) is 1.99. The van der Waals surface area contributed by atoms with Crippen molar-refractivity contribution in [3.05, 3.63) is 23.2 Å². The van der Waals surface area contributed by atoms with Gasteiger partial charge in [0, 0.05) is 17.8 Å². The van der Waals surface area contributed by atoms with Gasteiger partial charge in [-0.05, 0) is 33.6 Å². The monoisotopic (exact) mass is 244 g/mol. The molecule has 0 radical (unpaired) electrons. The van der Waals surface area contributed by atoms with Gasteiger partial charge in [-0.1, -0.05) is 5.16 Å². The van der Waals surface area contributed by atoms with Gasteiger partial charge in [-0.2, -0.15) is 0 Å². The van der Waals surface area contributed by atoms with Crippen molar-refractivity contribution in [2.45, 2.75) is 39.7 Å². The third-order valence-corrected chi connectivity index (χ3v) is 3.04. The van der Waals surface area contributed by atoms with Gasteiger partial charge in [0.2, 0.25) is 0 Å². The molecular weight excluding hydrogens is 228 g/mol.